The van der Waals surface area contributed by atoms with Gasteiger partial charge in [-0.15, -0.1) is 0 Å². The molecule has 1 rings (SSSR count). The van der Waals surface area contributed by atoms with Gasteiger partial charge in [-0.25, -0.2) is 9.36 Å². The number of hydrogen-bond donors (Lipinski definition) is 2. The normalized spacial score (nSPS) is 13.5. The molecule has 1 unspecified atom stereocenters. The van der Waals surface area contributed by atoms with Crippen molar-refractivity contribution in [3.05, 3.63) is 29.3 Å². The minimum absolute atomic E-state index is 0.138. The molecule has 124 valence electrons. The standard InChI is InChI=1S/C15H23O6P/c1-9(2)12-7-6-8-13(10(3)4)14(12)20-15(16)11(5)21-22(17,18)19/h6-11H,1-5H3,(H2,17,18,19). The van der Waals surface area contributed by atoms with Crippen LogP contribution in [0, 0.1) is 0 Å². The zero-order valence-electron chi connectivity index (χ0n) is 13.4. The van der Waals surface area contributed by atoms with Crippen molar-refractivity contribution in [2.45, 2.75) is 52.6 Å². The Morgan fingerprint density at radius 2 is 1.50 bits per heavy atom. The maximum Gasteiger partial charge on any atom is 0.470 e. The Morgan fingerprint density at radius 3 is 1.86 bits per heavy atom. The van der Waals surface area contributed by atoms with Crippen molar-refractivity contribution in [3.8, 4) is 5.75 Å². The third-order valence-electron chi connectivity index (χ3n) is 3.15. The minimum atomic E-state index is -4.74. The molecule has 1 aromatic carbocycles. The van der Waals surface area contributed by atoms with Crippen LogP contribution in [-0.4, -0.2) is 21.9 Å². The molecule has 0 radical (unpaired) electrons. The summed E-state index contributed by atoms with van der Waals surface area (Å²) in [6.07, 6.45) is -1.36. The van der Waals surface area contributed by atoms with Crippen LogP contribution in [0.15, 0.2) is 18.2 Å². The van der Waals surface area contributed by atoms with Crippen LogP contribution in [0.3, 0.4) is 0 Å². The molecule has 22 heavy (non-hydrogen) atoms. The number of phosphoric acid groups is 1. The molecule has 0 aromatic heterocycles. The number of para-hydroxylation sites is 1. The average Bonchev–Trinajstić information content (AvgIpc) is 2.36. The maximum atomic E-state index is 12.0. The molecule has 1 atom stereocenters. The van der Waals surface area contributed by atoms with Crippen LogP contribution in [0.25, 0.3) is 0 Å². The summed E-state index contributed by atoms with van der Waals surface area (Å²) in [6.45, 7) is 9.16. The monoisotopic (exact) mass is 330 g/mol. The van der Waals surface area contributed by atoms with Gasteiger partial charge in [0.2, 0.25) is 0 Å². The highest BCUT2D eigenvalue weighted by atomic mass is 31.2. The fourth-order valence-corrected chi connectivity index (χ4v) is 2.53. The Balaban J connectivity index is 3.10. The van der Waals surface area contributed by atoms with Gasteiger partial charge in [-0.3, -0.25) is 4.52 Å². The van der Waals surface area contributed by atoms with Crippen molar-refractivity contribution in [3.63, 3.8) is 0 Å². The fourth-order valence-electron chi connectivity index (χ4n) is 2.03. The van der Waals surface area contributed by atoms with E-state index in [2.05, 4.69) is 4.52 Å². The number of benzene rings is 1. The Labute approximate surface area is 130 Å². The Bertz CT molecular complexity index is 549. The largest absolute Gasteiger partial charge is 0.470 e. The first kappa shape index (κ1) is 18.8. The Kier molecular flexibility index (Phi) is 6.32. The van der Waals surface area contributed by atoms with Gasteiger partial charge < -0.3 is 14.5 Å². The lowest BCUT2D eigenvalue weighted by molar-refractivity contribution is -0.142. The summed E-state index contributed by atoms with van der Waals surface area (Å²) in [5.74, 6) is -0.115. The lowest BCUT2D eigenvalue weighted by Crippen LogP contribution is -2.26. The quantitative estimate of drug-likeness (QED) is 0.472. The van der Waals surface area contributed by atoms with E-state index in [-0.39, 0.29) is 11.8 Å². The van der Waals surface area contributed by atoms with Crippen molar-refractivity contribution in [1.82, 2.24) is 0 Å². The fraction of sp³-hybridized carbons (Fsp3) is 0.533. The van der Waals surface area contributed by atoms with Crippen LogP contribution >= 0.6 is 7.82 Å². The molecule has 0 bridgehead atoms. The molecule has 0 amide bonds. The molecule has 0 fully saturated rings. The van der Waals surface area contributed by atoms with Gasteiger partial charge in [0.05, 0.1) is 0 Å². The molecule has 6 nitrogen and oxygen atoms in total. The molecule has 0 heterocycles. The third-order valence-corrected chi connectivity index (χ3v) is 3.74. The summed E-state index contributed by atoms with van der Waals surface area (Å²) in [4.78, 5) is 29.6. The van der Waals surface area contributed by atoms with Gasteiger partial charge in [0.25, 0.3) is 0 Å². The molecule has 0 saturated carbocycles. The second-order valence-corrected chi connectivity index (χ2v) is 6.93. The van der Waals surface area contributed by atoms with E-state index in [0.717, 1.165) is 11.1 Å². The average molecular weight is 330 g/mol. The Hall–Kier alpha value is -1.20. The van der Waals surface area contributed by atoms with E-state index in [1.165, 1.54) is 6.92 Å². The van der Waals surface area contributed by atoms with Gasteiger partial charge in [-0.05, 0) is 29.9 Å². The van der Waals surface area contributed by atoms with E-state index < -0.39 is 19.9 Å². The summed E-state index contributed by atoms with van der Waals surface area (Å²) in [5, 5.41) is 0. The van der Waals surface area contributed by atoms with Crippen molar-refractivity contribution < 1.29 is 28.4 Å². The van der Waals surface area contributed by atoms with E-state index in [0.29, 0.717) is 5.75 Å². The van der Waals surface area contributed by atoms with Gasteiger partial charge in [0.1, 0.15) is 5.75 Å². The lowest BCUT2D eigenvalue weighted by atomic mass is 9.94. The molecule has 7 heteroatoms. The van der Waals surface area contributed by atoms with Gasteiger partial charge >= 0.3 is 13.8 Å². The van der Waals surface area contributed by atoms with E-state index in [4.69, 9.17) is 14.5 Å². The van der Waals surface area contributed by atoms with Gasteiger partial charge in [-0.1, -0.05) is 45.9 Å². The summed E-state index contributed by atoms with van der Waals surface area (Å²) in [6, 6.07) is 5.64. The van der Waals surface area contributed by atoms with E-state index >= 15 is 0 Å². The molecule has 2 N–H and O–H groups in total. The lowest BCUT2D eigenvalue weighted by Gasteiger charge is -2.20. The SMILES string of the molecule is CC(OP(=O)(O)O)C(=O)Oc1c(C(C)C)cccc1C(C)C. The zero-order chi connectivity index (χ0) is 17.1. The maximum absolute atomic E-state index is 12.0. The summed E-state index contributed by atoms with van der Waals surface area (Å²) in [7, 11) is -4.74. The van der Waals surface area contributed by atoms with Crippen LogP contribution < -0.4 is 4.74 Å². The van der Waals surface area contributed by atoms with Gasteiger partial charge in [0, 0.05) is 0 Å². The highest BCUT2D eigenvalue weighted by Crippen LogP contribution is 2.39. The number of hydrogen-bond acceptors (Lipinski definition) is 4. The molecule has 0 aliphatic carbocycles. The van der Waals surface area contributed by atoms with E-state index in [9.17, 15) is 9.36 Å². The smallest absolute Gasteiger partial charge is 0.424 e. The number of carbonyl (C=O) groups excluding carboxylic acids is 1. The molecular formula is C15H23O6P. The number of carbonyl (C=O) groups is 1. The second kappa shape index (κ2) is 7.38. The van der Waals surface area contributed by atoms with Crippen LogP contribution in [-0.2, 0) is 13.9 Å². The first-order valence-electron chi connectivity index (χ1n) is 7.11. The summed E-state index contributed by atoms with van der Waals surface area (Å²) >= 11 is 0. The van der Waals surface area contributed by atoms with Crippen LogP contribution in [0.4, 0.5) is 0 Å². The van der Waals surface area contributed by atoms with Gasteiger partial charge in [0.15, 0.2) is 6.10 Å². The van der Waals surface area contributed by atoms with Crippen molar-refractivity contribution in [1.29, 1.82) is 0 Å². The number of esters is 1. The molecule has 1 aromatic rings. The van der Waals surface area contributed by atoms with E-state index in [1.807, 2.05) is 45.9 Å². The van der Waals surface area contributed by atoms with E-state index in [1.54, 1.807) is 0 Å². The number of phosphoric ester groups is 1. The van der Waals surface area contributed by atoms with Crippen LogP contribution in [0.1, 0.15) is 57.6 Å². The molecule has 0 aliphatic heterocycles. The molecule has 0 saturated heterocycles. The summed E-state index contributed by atoms with van der Waals surface area (Å²) in [5.41, 5.74) is 1.73. The second-order valence-electron chi connectivity index (χ2n) is 5.73. The predicted molar refractivity (Wildman–Crippen MR) is 82.8 cm³/mol. The van der Waals surface area contributed by atoms with Crippen molar-refractivity contribution in [2.75, 3.05) is 0 Å². The molecule has 0 aliphatic rings. The van der Waals surface area contributed by atoms with Crippen LogP contribution in [0.2, 0.25) is 0 Å². The first-order chi connectivity index (χ1) is 10.0. The third kappa shape index (κ3) is 5.21. The predicted octanol–water partition coefficient (Wildman–Crippen LogP) is 3.34. The van der Waals surface area contributed by atoms with Crippen LogP contribution in [0.5, 0.6) is 5.75 Å². The highest BCUT2D eigenvalue weighted by molar-refractivity contribution is 7.46. The molecular weight excluding hydrogens is 307 g/mol. The van der Waals surface area contributed by atoms with Crippen molar-refractivity contribution in [2.24, 2.45) is 0 Å². The zero-order valence-corrected chi connectivity index (χ0v) is 14.3. The summed E-state index contributed by atoms with van der Waals surface area (Å²) < 4.78 is 20.6. The van der Waals surface area contributed by atoms with Gasteiger partial charge in [-0.2, -0.15) is 0 Å². The van der Waals surface area contributed by atoms with Crippen molar-refractivity contribution >= 4 is 13.8 Å². The minimum Gasteiger partial charge on any atom is -0.424 e. The number of ether oxygens (including phenoxy) is 1. The first-order valence-corrected chi connectivity index (χ1v) is 8.64. The molecule has 0 spiro atoms. The Morgan fingerprint density at radius 1 is 1.05 bits per heavy atom. The highest BCUT2D eigenvalue weighted by Gasteiger charge is 2.27. The topological polar surface area (TPSA) is 93.1 Å². The number of rotatable bonds is 6.